The van der Waals surface area contributed by atoms with Crippen LogP contribution in [0, 0.1) is 29.6 Å². The summed E-state index contributed by atoms with van der Waals surface area (Å²) in [5.41, 5.74) is -0.374. The summed E-state index contributed by atoms with van der Waals surface area (Å²) in [7, 11) is 0. The van der Waals surface area contributed by atoms with Crippen LogP contribution in [0.1, 0.15) is 60.3 Å². The number of carbonyl (C=O) groups is 1. The Kier molecular flexibility index (Phi) is 3.84. The average Bonchev–Trinajstić information content (AvgIpc) is 3.06. The van der Waals surface area contributed by atoms with Crippen molar-refractivity contribution in [2.75, 3.05) is 0 Å². The number of ether oxygens (including phenoxy) is 2. The molecule has 1 aliphatic heterocycles. The standard InChI is InChI=1S/C18H30O3/c1-6-13-15-10-8-11(16(15)14(7-2)20-13)12(9-10)17(19)21-18(3,4)5/h10-16H,6-9H2,1-5H3. The van der Waals surface area contributed by atoms with Crippen LogP contribution in [-0.2, 0) is 14.3 Å². The van der Waals surface area contributed by atoms with E-state index in [1.54, 1.807) is 0 Å². The molecule has 7 atom stereocenters. The fraction of sp³-hybridized carbons (Fsp3) is 0.944. The average molecular weight is 294 g/mol. The van der Waals surface area contributed by atoms with Crippen LogP contribution in [0.4, 0.5) is 0 Å². The first-order valence-electron chi connectivity index (χ1n) is 8.74. The summed E-state index contributed by atoms with van der Waals surface area (Å²) in [6.07, 6.45) is 5.21. The molecule has 2 saturated carbocycles. The van der Waals surface area contributed by atoms with Crippen molar-refractivity contribution in [1.82, 2.24) is 0 Å². The highest BCUT2D eigenvalue weighted by Crippen LogP contribution is 2.62. The largest absolute Gasteiger partial charge is 0.460 e. The second kappa shape index (κ2) is 5.26. The highest BCUT2D eigenvalue weighted by molar-refractivity contribution is 5.74. The maximum Gasteiger partial charge on any atom is 0.309 e. The zero-order chi connectivity index (χ0) is 15.4. The van der Waals surface area contributed by atoms with Gasteiger partial charge in [0, 0.05) is 0 Å². The fourth-order valence-electron chi connectivity index (χ4n) is 5.32. The molecule has 21 heavy (non-hydrogen) atoms. The van der Waals surface area contributed by atoms with E-state index in [9.17, 15) is 4.79 Å². The van der Waals surface area contributed by atoms with Crippen LogP contribution >= 0.6 is 0 Å². The Balaban J connectivity index is 1.76. The van der Waals surface area contributed by atoms with Gasteiger partial charge in [-0.2, -0.15) is 0 Å². The van der Waals surface area contributed by atoms with Gasteiger partial charge in [-0.3, -0.25) is 4.79 Å². The minimum Gasteiger partial charge on any atom is -0.460 e. The van der Waals surface area contributed by atoms with E-state index >= 15 is 0 Å². The molecule has 3 heteroatoms. The summed E-state index contributed by atoms with van der Waals surface area (Å²) >= 11 is 0. The van der Waals surface area contributed by atoms with Crippen LogP contribution in [0.25, 0.3) is 0 Å². The highest BCUT2D eigenvalue weighted by Gasteiger charge is 2.62. The predicted molar refractivity (Wildman–Crippen MR) is 81.8 cm³/mol. The van der Waals surface area contributed by atoms with Crippen molar-refractivity contribution in [2.24, 2.45) is 29.6 Å². The molecule has 1 saturated heterocycles. The van der Waals surface area contributed by atoms with E-state index in [2.05, 4.69) is 13.8 Å². The monoisotopic (exact) mass is 294 g/mol. The molecular weight excluding hydrogens is 264 g/mol. The van der Waals surface area contributed by atoms with Crippen LogP contribution in [0.2, 0.25) is 0 Å². The van der Waals surface area contributed by atoms with Crippen molar-refractivity contribution in [2.45, 2.75) is 78.1 Å². The van der Waals surface area contributed by atoms with Gasteiger partial charge in [0.05, 0.1) is 18.1 Å². The molecule has 3 aliphatic rings. The van der Waals surface area contributed by atoms with Crippen LogP contribution in [0.5, 0.6) is 0 Å². The summed E-state index contributed by atoms with van der Waals surface area (Å²) in [6, 6.07) is 0. The lowest BCUT2D eigenvalue weighted by atomic mass is 9.70. The van der Waals surface area contributed by atoms with Crippen molar-refractivity contribution in [3.05, 3.63) is 0 Å². The van der Waals surface area contributed by atoms with Gasteiger partial charge in [0.2, 0.25) is 0 Å². The van der Waals surface area contributed by atoms with E-state index in [1.165, 1.54) is 6.42 Å². The third-order valence-electron chi connectivity index (χ3n) is 5.85. The Morgan fingerprint density at radius 1 is 1.10 bits per heavy atom. The fourth-order valence-corrected chi connectivity index (χ4v) is 5.32. The third-order valence-corrected chi connectivity index (χ3v) is 5.85. The lowest BCUT2D eigenvalue weighted by molar-refractivity contribution is -0.163. The number of hydrogen-bond acceptors (Lipinski definition) is 3. The van der Waals surface area contributed by atoms with Crippen LogP contribution in [0.15, 0.2) is 0 Å². The van der Waals surface area contributed by atoms with Crippen LogP contribution < -0.4 is 0 Å². The minimum absolute atomic E-state index is 0.0308. The molecule has 120 valence electrons. The van der Waals surface area contributed by atoms with Gasteiger partial charge in [-0.1, -0.05) is 13.8 Å². The Labute approximate surface area is 128 Å². The number of carbonyl (C=O) groups excluding carboxylic acids is 1. The SMILES string of the molecule is CCC1OC(CC)C2C3CC(CC3C(=O)OC(C)(C)C)C12. The molecule has 0 aromatic carbocycles. The van der Waals surface area contributed by atoms with Crippen molar-refractivity contribution in [3.63, 3.8) is 0 Å². The van der Waals surface area contributed by atoms with Crippen molar-refractivity contribution < 1.29 is 14.3 Å². The second-order valence-electron chi connectivity index (χ2n) is 8.22. The van der Waals surface area contributed by atoms with Gasteiger partial charge in [0.25, 0.3) is 0 Å². The van der Waals surface area contributed by atoms with E-state index in [4.69, 9.17) is 9.47 Å². The Hall–Kier alpha value is -0.570. The number of esters is 1. The molecule has 3 nitrogen and oxygen atoms in total. The summed E-state index contributed by atoms with van der Waals surface area (Å²) in [6.45, 7) is 10.3. The molecular formula is C18H30O3. The molecule has 2 aliphatic carbocycles. The molecule has 3 rings (SSSR count). The lowest BCUT2D eigenvalue weighted by Crippen LogP contribution is -2.38. The van der Waals surface area contributed by atoms with Gasteiger partial charge in [-0.25, -0.2) is 0 Å². The number of rotatable bonds is 3. The van der Waals surface area contributed by atoms with E-state index in [1.807, 2.05) is 20.8 Å². The molecule has 0 amide bonds. The summed E-state index contributed by atoms with van der Waals surface area (Å²) in [5.74, 6) is 2.61. The molecule has 0 spiro atoms. The molecule has 1 heterocycles. The Morgan fingerprint density at radius 2 is 1.71 bits per heavy atom. The zero-order valence-corrected chi connectivity index (χ0v) is 14.1. The van der Waals surface area contributed by atoms with E-state index < -0.39 is 0 Å². The normalized spacial score (nSPS) is 44.9. The first-order valence-corrected chi connectivity index (χ1v) is 8.74. The van der Waals surface area contributed by atoms with Gasteiger partial charge in [-0.05, 0) is 70.1 Å². The second-order valence-corrected chi connectivity index (χ2v) is 8.22. The summed E-state index contributed by atoms with van der Waals surface area (Å²) < 4.78 is 11.9. The first kappa shape index (κ1) is 15.3. The van der Waals surface area contributed by atoms with Crippen LogP contribution in [-0.4, -0.2) is 23.8 Å². The number of hydrogen-bond donors (Lipinski definition) is 0. The van der Waals surface area contributed by atoms with E-state index in [-0.39, 0.29) is 17.5 Å². The van der Waals surface area contributed by atoms with Crippen molar-refractivity contribution >= 4 is 5.97 Å². The molecule has 2 bridgehead atoms. The smallest absolute Gasteiger partial charge is 0.309 e. The van der Waals surface area contributed by atoms with Gasteiger partial charge in [0.15, 0.2) is 0 Å². The molecule has 0 radical (unpaired) electrons. The lowest BCUT2D eigenvalue weighted by Gasteiger charge is -2.34. The van der Waals surface area contributed by atoms with E-state index in [0.29, 0.717) is 35.9 Å². The Morgan fingerprint density at radius 3 is 2.29 bits per heavy atom. The van der Waals surface area contributed by atoms with Gasteiger partial charge < -0.3 is 9.47 Å². The molecule has 0 aromatic heterocycles. The highest BCUT2D eigenvalue weighted by atomic mass is 16.6. The molecule has 7 unspecified atom stereocenters. The van der Waals surface area contributed by atoms with Crippen molar-refractivity contribution in [3.8, 4) is 0 Å². The summed E-state index contributed by atoms with van der Waals surface area (Å²) in [4.78, 5) is 12.5. The maximum absolute atomic E-state index is 12.5. The maximum atomic E-state index is 12.5. The molecule has 0 N–H and O–H groups in total. The van der Waals surface area contributed by atoms with E-state index in [0.717, 1.165) is 19.3 Å². The summed E-state index contributed by atoms with van der Waals surface area (Å²) in [5, 5.41) is 0. The number of fused-ring (bicyclic) bond motifs is 5. The zero-order valence-electron chi connectivity index (χ0n) is 14.1. The quantitative estimate of drug-likeness (QED) is 0.743. The Bertz CT molecular complexity index is 411. The third kappa shape index (κ3) is 2.52. The van der Waals surface area contributed by atoms with Crippen molar-refractivity contribution in [1.29, 1.82) is 0 Å². The molecule has 0 aromatic rings. The van der Waals surface area contributed by atoms with Gasteiger partial charge >= 0.3 is 5.97 Å². The first-order chi connectivity index (χ1) is 9.85. The van der Waals surface area contributed by atoms with Gasteiger partial charge in [0.1, 0.15) is 5.60 Å². The predicted octanol–water partition coefficient (Wildman–Crippen LogP) is 3.80. The molecule has 3 fully saturated rings. The topological polar surface area (TPSA) is 35.5 Å². The minimum atomic E-state index is -0.374. The van der Waals surface area contributed by atoms with Gasteiger partial charge in [-0.15, -0.1) is 0 Å². The van der Waals surface area contributed by atoms with Crippen LogP contribution in [0.3, 0.4) is 0 Å².